The van der Waals surface area contributed by atoms with Gasteiger partial charge in [0.25, 0.3) is 11.8 Å². The van der Waals surface area contributed by atoms with Gasteiger partial charge in [0.05, 0.1) is 16.8 Å². The first-order valence-electron chi connectivity index (χ1n) is 9.37. The fourth-order valence-electron chi connectivity index (χ4n) is 3.15. The third-order valence-corrected chi connectivity index (χ3v) is 4.84. The van der Waals surface area contributed by atoms with Gasteiger partial charge in [-0.25, -0.2) is 19.7 Å². The quantitative estimate of drug-likeness (QED) is 0.377. The molecular weight excluding hydrogens is 382 g/mol. The highest BCUT2D eigenvalue weighted by Crippen LogP contribution is 2.27. The van der Waals surface area contributed by atoms with Crippen molar-refractivity contribution in [3.63, 3.8) is 0 Å². The van der Waals surface area contributed by atoms with Crippen LogP contribution in [0.15, 0.2) is 61.1 Å². The molecule has 150 valence electrons. The lowest BCUT2D eigenvalue weighted by Crippen LogP contribution is -2.29. The first-order valence-corrected chi connectivity index (χ1v) is 9.37. The van der Waals surface area contributed by atoms with Gasteiger partial charge in [-0.15, -0.1) is 0 Å². The largest absolute Gasteiger partial charge is 0.423 e. The predicted molar refractivity (Wildman–Crippen MR) is 110 cm³/mol. The van der Waals surface area contributed by atoms with Crippen LogP contribution in [0.2, 0.25) is 0 Å². The summed E-state index contributed by atoms with van der Waals surface area (Å²) in [4.78, 5) is 46.1. The highest BCUT2D eigenvalue weighted by Gasteiger charge is 2.38. The molecule has 1 aromatic heterocycles. The molecule has 0 bridgehead atoms. The maximum Gasteiger partial charge on any atom is 0.343 e. The van der Waals surface area contributed by atoms with E-state index < -0.39 is 17.8 Å². The zero-order chi connectivity index (χ0) is 21.5. The van der Waals surface area contributed by atoms with E-state index in [1.165, 1.54) is 36.8 Å². The number of aromatic nitrogens is 2. The van der Waals surface area contributed by atoms with Crippen LogP contribution in [-0.2, 0) is 5.41 Å². The summed E-state index contributed by atoms with van der Waals surface area (Å²) in [5.41, 5.74) is 2.01. The van der Waals surface area contributed by atoms with Gasteiger partial charge in [0.15, 0.2) is 0 Å². The molecule has 2 amide bonds. The monoisotopic (exact) mass is 401 g/mol. The van der Waals surface area contributed by atoms with Gasteiger partial charge in [-0.3, -0.25) is 9.59 Å². The minimum absolute atomic E-state index is 0.00799. The highest BCUT2D eigenvalue weighted by molar-refractivity contribution is 6.33. The van der Waals surface area contributed by atoms with Gasteiger partial charge < -0.3 is 4.74 Å². The maximum atomic E-state index is 12.5. The lowest BCUT2D eigenvalue weighted by molar-refractivity contribution is 0.0734. The molecule has 30 heavy (non-hydrogen) atoms. The van der Waals surface area contributed by atoms with Crippen molar-refractivity contribution in [2.45, 2.75) is 26.2 Å². The molecule has 0 unspecified atom stereocenters. The average molecular weight is 401 g/mol. The summed E-state index contributed by atoms with van der Waals surface area (Å²) in [5, 5.41) is 0. The Balaban J connectivity index is 1.49. The maximum absolute atomic E-state index is 12.5. The fourth-order valence-corrected chi connectivity index (χ4v) is 3.15. The smallest absolute Gasteiger partial charge is 0.343 e. The molecule has 0 N–H and O–H groups in total. The van der Waals surface area contributed by atoms with Crippen LogP contribution >= 0.6 is 0 Å². The summed E-state index contributed by atoms with van der Waals surface area (Å²) in [6.07, 6.45) is 2.54. The van der Waals surface area contributed by atoms with E-state index in [2.05, 4.69) is 30.7 Å². The zero-order valence-electron chi connectivity index (χ0n) is 16.7. The van der Waals surface area contributed by atoms with E-state index in [9.17, 15) is 14.4 Å². The molecule has 0 aliphatic carbocycles. The molecule has 7 nitrogen and oxygen atoms in total. The van der Waals surface area contributed by atoms with Crippen LogP contribution in [0.4, 0.5) is 5.69 Å². The predicted octanol–water partition coefficient (Wildman–Crippen LogP) is 3.79. The molecule has 1 aliphatic rings. The van der Waals surface area contributed by atoms with Gasteiger partial charge >= 0.3 is 5.97 Å². The summed E-state index contributed by atoms with van der Waals surface area (Å²) >= 11 is 0. The number of benzene rings is 2. The fraction of sp³-hybridized carbons (Fsp3) is 0.174. The Morgan fingerprint density at radius 3 is 2.20 bits per heavy atom. The molecule has 7 heteroatoms. The van der Waals surface area contributed by atoms with E-state index >= 15 is 0 Å². The molecule has 2 heterocycles. The van der Waals surface area contributed by atoms with Crippen LogP contribution in [0.3, 0.4) is 0 Å². The highest BCUT2D eigenvalue weighted by atomic mass is 16.5. The minimum atomic E-state index is -0.529. The number of hydrogen-bond acceptors (Lipinski definition) is 6. The molecule has 2 aromatic carbocycles. The van der Waals surface area contributed by atoms with Crippen LogP contribution in [0.25, 0.3) is 0 Å². The van der Waals surface area contributed by atoms with Crippen LogP contribution in [0, 0.1) is 0 Å². The molecule has 0 radical (unpaired) electrons. The molecule has 0 spiro atoms. The topological polar surface area (TPSA) is 89.5 Å². The number of hydrogen-bond donors (Lipinski definition) is 0. The molecule has 0 atom stereocenters. The van der Waals surface area contributed by atoms with E-state index in [-0.39, 0.29) is 16.7 Å². The van der Waals surface area contributed by atoms with Gasteiger partial charge in [-0.2, -0.15) is 0 Å². The van der Waals surface area contributed by atoms with Crippen molar-refractivity contribution in [3.8, 4) is 5.75 Å². The van der Waals surface area contributed by atoms with Crippen molar-refractivity contribution in [3.05, 3.63) is 83.4 Å². The number of esters is 1. The Bertz CT molecular complexity index is 1110. The van der Waals surface area contributed by atoms with Crippen LogP contribution in [0.5, 0.6) is 5.75 Å². The van der Waals surface area contributed by atoms with Crippen molar-refractivity contribution in [1.29, 1.82) is 0 Å². The number of ether oxygens (including phenoxy) is 1. The third kappa shape index (κ3) is 3.45. The number of anilines is 1. The Morgan fingerprint density at radius 2 is 1.60 bits per heavy atom. The van der Waals surface area contributed by atoms with Gasteiger partial charge in [-0.1, -0.05) is 32.9 Å². The minimum Gasteiger partial charge on any atom is -0.423 e. The second-order valence-electron chi connectivity index (χ2n) is 7.94. The first-order chi connectivity index (χ1) is 14.3. The number of amides is 2. The Kier molecular flexibility index (Phi) is 4.66. The van der Waals surface area contributed by atoms with Gasteiger partial charge in [0.2, 0.25) is 0 Å². The molecule has 0 saturated carbocycles. The molecule has 0 saturated heterocycles. The number of nitrogens with zero attached hydrogens (tertiary/aromatic N) is 3. The van der Waals surface area contributed by atoms with E-state index in [0.717, 1.165) is 10.5 Å². The van der Waals surface area contributed by atoms with Crippen LogP contribution in [-0.4, -0.2) is 27.8 Å². The lowest BCUT2D eigenvalue weighted by atomic mass is 9.87. The number of rotatable bonds is 3. The Hall–Kier alpha value is -3.87. The lowest BCUT2D eigenvalue weighted by Gasteiger charge is -2.19. The van der Waals surface area contributed by atoms with Crippen molar-refractivity contribution < 1.29 is 19.1 Å². The average Bonchev–Trinajstić information content (AvgIpc) is 2.98. The number of carbonyl (C=O) groups excluding carboxylic acids is 3. The van der Waals surface area contributed by atoms with Crippen molar-refractivity contribution in [2.75, 3.05) is 4.90 Å². The van der Waals surface area contributed by atoms with E-state index in [1.54, 1.807) is 12.1 Å². The SMILES string of the molecule is CC(C)(C)c1ccc(OC(=O)c2ccc(N3C(=O)c4cncnc4C3=O)cc2)cc1. The third-order valence-electron chi connectivity index (χ3n) is 4.84. The van der Waals surface area contributed by atoms with E-state index in [4.69, 9.17) is 4.74 Å². The van der Waals surface area contributed by atoms with Crippen molar-refractivity contribution in [2.24, 2.45) is 0 Å². The van der Waals surface area contributed by atoms with Gasteiger partial charge in [0, 0.05) is 6.20 Å². The van der Waals surface area contributed by atoms with E-state index in [1.807, 2.05) is 12.1 Å². The molecule has 4 rings (SSSR count). The Labute approximate surface area is 173 Å². The summed E-state index contributed by atoms with van der Waals surface area (Å²) in [5.74, 6) is -1.11. The van der Waals surface area contributed by atoms with Crippen molar-refractivity contribution in [1.82, 2.24) is 9.97 Å². The normalized spacial score (nSPS) is 13.4. The summed E-state index contributed by atoms with van der Waals surface area (Å²) in [7, 11) is 0. The zero-order valence-corrected chi connectivity index (χ0v) is 16.7. The second-order valence-corrected chi connectivity index (χ2v) is 7.94. The second kappa shape index (κ2) is 7.18. The molecule has 1 aliphatic heterocycles. The van der Waals surface area contributed by atoms with Crippen molar-refractivity contribution >= 4 is 23.5 Å². The number of carbonyl (C=O) groups is 3. The van der Waals surface area contributed by atoms with Crippen LogP contribution < -0.4 is 9.64 Å². The summed E-state index contributed by atoms with van der Waals surface area (Å²) in [6, 6.07) is 13.4. The van der Waals surface area contributed by atoms with E-state index in [0.29, 0.717) is 17.0 Å². The van der Waals surface area contributed by atoms with Crippen LogP contribution in [0.1, 0.15) is 57.5 Å². The summed E-state index contributed by atoms with van der Waals surface area (Å²) in [6.45, 7) is 6.32. The molecule has 0 fully saturated rings. The standard InChI is InChI=1S/C23H19N3O4/c1-23(2,3)15-6-10-17(11-7-15)30-22(29)14-4-8-16(9-5-14)26-20(27)18-12-24-13-25-19(18)21(26)28/h4-13H,1-3H3. The Morgan fingerprint density at radius 1 is 0.933 bits per heavy atom. The van der Waals surface area contributed by atoms with Gasteiger partial charge in [-0.05, 0) is 47.4 Å². The number of fused-ring (bicyclic) bond motifs is 1. The molecule has 3 aromatic rings. The van der Waals surface area contributed by atoms with Gasteiger partial charge in [0.1, 0.15) is 17.8 Å². The molecular formula is C23H19N3O4. The first kappa shape index (κ1) is 19.4. The number of imide groups is 1. The summed E-state index contributed by atoms with van der Waals surface area (Å²) < 4.78 is 5.42.